The highest BCUT2D eigenvalue weighted by atomic mass is 16.8. The van der Waals surface area contributed by atoms with Crippen LogP contribution in [0, 0.1) is 10.4 Å². The van der Waals surface area contributed by atoms with Crippen molar-refractivity contribution in [1.29, 1.82) is 0 Å². The van der Waals surface area contributed by atoms with Crippen molar-refractivity contribution in [3.05, 3.63) is 94.3 Å². The molecule has 0 bridgehead atoms. The van der Waals surface area contributed by atoms with Crippen LogP contribution in [0.5, 0.6) is 0 Å². The third-order valence-electron chi connectivity index (χ3n) is 5.33. The van der Waals surface area contributed by atoms with Crippen LogP contribution in [0.2, 0.25) is 0 Å². The van der Waals surface area contributed by atoms with Crippen LogP contribution in [-0.4, -0.2) is 16.1 Å². The first kappa shape index (κ1) is 20.2. The smallest absolute Gasteiger partial charge is 0.163 e. The summed E-state index contributed by atoms with van der Waals surface area (Å²) in [6.07, 6.45) is 0.528. The molecule has 1 heterocycles. The topological polar surface area (TPSA) is 120 Å². The first-order chi connectivity index (χ1) is 14.4. The number of rotatable bonds is 4. The SMILES string of the molecule is C[C@]1(c2ccc([NH+]([O-])O)cc2)CC(c2ccc([NH+]([O-])O)cc2)=Nc2ccccc2N1. The maximum Gasteiger partial charge on any atom is 0.163 e. The molecule has 0 saturated carbocycles. The van der Waals surface area contributed by atoms with E-state index in [0.29, 0.717) is 6.42 Å². The lowest BCUT2D eigenvalue weighted by Gasteiger charge is -2.32. The quantitative estimate of drug-likeness (QED) is 0.426. The van der Waals surface area contributed by atoms with Crippen molar-refractivity contribution in [2.45, 2.75) is 18.9 Å². The minimum atomic E-state index is -0.972. The van der Waals surface area contributed by atoms with Gasteiger partial charge in [0.25, 0.3) is 0 Å². The van der Waals surface area contributed by atoms with Gasteiger partial charge in [-0.05, 0) is 42.3 Å². The van der Waals surface area contributed by atoms with E-state index in [1.807, 2.05) is 43.3 Å². The Balaban J connectivity index is 1.77. The minimum Gasteiger partial charge on any atom is -0.595 e. The summed E-state index contributed by atoms with van der Waals surface area (Å²) in [5.74, 6) is 0. The summed E-state index contributed by atoms with van der Waals surface area (Å²) in [6, 6.07) is 21.2. The molecule has 3 atom stereocenters. The van der Waals surface area contributed by atoms with E-state index in [2.05, 4.69) is 5.32 Å². The lowest BCUT2D eigenvalue weighted by Crippen LogP contribution is -2.99. The van der Waals surface area contributed by atoms with Gasteiger partial charge in [-0.1, -0.05) is 24.3 Å². The van der Waals surface area contributed by atoms with Gasteiger partial charge in [0.05, 0.1) is 22.6 Å². The Labute approximate surface area is 173 Å². The van der Waals surface area contributed by atoms with E-state index in [-0.39, 0.29) is 11.4 Å². The molecule has 0 aromatic heterocycles. The van der Waals surface area contributed by atoms with Crippen LogP contribution in [0.1, 0.15) is 24.5 Å². The van der Waals surface area contributed by atoms with Gasteiger partial charge in [-0.2, -0.15) is 10.5 Å². The largest absolute Gasteiger partial charge is 0.595 e. The fourth-order valence-corrected chi connectivity index (χ4v) is 3.66. The van der Waals surface area contributed by atoms with E-state index in [0.717, 1.165) is 28.2 Å². The molecular formula is C22H22N4O4. The summed E-state index contributed by atoms with van der Waals surface area (Å²) in [7, 11) is 0. The molecule has 1 aliphatic heterocycles. The number of hydrogen-bond donors (Lipinski definition) is 5. The van der Waals surface area contributed by atoms with E-state index in [1.54, 1.807) is 36.4 Å². The summed E-state index contributed by atoms with van der Waals surface area (Å²) in [4.78, 5) is 4.86. The van der Waals surface area contributed by atoms with Gasteiger partial charge in [-0.25, -0.2) is 10.4 Å². The Morgan fingerprint density at radius 2 is 1.43 bits per heavy atom. The van der Waals surface area contributed by atoms with Crippen LogP contribution < -0.4 is 15.8 Å². The van der Waals surface area contributed by atoms with Gasteiger partial charge in [0.2, 0.25) is 0 Å². The first-order valence-electron chi connectivity index (χ1n) is 9.48. The second kappa shape index (κ2) is 7.96. The van der Waals surface area contributed by atoms with Crippen LogP contribution in [0.3, 0.4) is 0 Å². The number of benzene rings is 3. The number of hydrogen-bond acceptors (Lipinski definition) is 6. The Bertz CT molecular complexity index is 1070. The summed E-state index contributed by atoms with van der Waals surface area (Å²) in [6.45, 7) is 2.05. The molecule has 0 aliphatic carbocycles. The van der Waals surface area contributed by atoms with Crippen molar-refractivity contribution in [2.75, 3.05) is 5.32 Å². The number of anilines is 1. The molecule has 5 N–H and O–H groups in total. The zero-order valence-corrected chi connectivity index (χ0v) is 16.3. The highest BCUT2D eigenvalue weighted by Crippen LogP contribution is 2.39. The number of para-hydroxylation sites is 2. The Hall–Kier alpha value is -3.11. The van der Waals surface area contributed by atoms with Crippen LogP contribution in [0.25, 0.3) is 0 Å². The van der Waals surface area contributed by atoms with E-state index in [9.17, 15) is 20.8 Å². The van der Waals surface area contributed by atoms with Gasteiger partial charge >= 0.3 is 0 Å². The normalized spacial score (nSPS) is 20.4. The zero-order chi connectivity index (χ0) is 21.3. The summed E-state index contributed by atoms with van der Waals surface area (Å²) < 4.78 is 0. The minimum absolute atomic E-state index is 0.221. The van der Waals surface area contributed by atoms with Crippen molar-refractivity contribution in [1.82, 2.24) is 0 Å². The molecule has 0 amide bonds. The number of aliphatic imine (C=N–C) groups is 1. The van der Waals surface area contributed by atoms with Gasteiger partial charge in [0.1, 0.15) is 0 Å². The molecule has 0 saturated heterocycles. The van der Waals surface area contributed by atoms with Gasteiger partial charge in [-0.15, -0.1) is 0 Å². The van der Waals surface area contributed by atoms with Crippen molar-refractivity contribution < 1.29 is 20.9 Å². The standard InChI is InChI=1S/C22H22N4O4/c1-22(16-8-12-18(13-9-16)26(29)30)14-21(15-6-10-17(11-7-15)25(27)28)23-19-4-2-3-5-20(19)24-22/h2-13,24-27,29H,14H2,1H3/t22-/m1/s1. The Kier molecular flexibility index (Phi) is 5.35. The summed E-state index contributed by atoms with van der Waals surface area (Å²) in [5, 5.41) is 42.4. The summed E-state index contributed by atoms with van der Waals surface area (Å²) >= 11 is 0. The molecule has 3 aromatic carbocycles. The lowest BCUT2D eigenvalue weighted by atomic mass is 9.85. The highest BCUT2D eigenvalue weighted by Gasteiger charge is 2.32. The first-order valence-corrected chi connectivity index (χ1v) is 9.48. The van der Waals surface area contributed by atoms with E-state index < -0.39 is 16.0 Å². The maximum atomic E-state index is 11.2. The average molecular weight is 406 g/mol. The molecule has 0 spiro atoms. The van der Waals surface area contributed by atoms with Crippen molar-refractivity contribution in [3.8, 4) is 0 Å². The fourth-order valence-electron chi connectivity index (χ4n) is 3.66. The van der Waals surface area contributed by atoms with Crippen LogP contribution in [0.15, 0.2) is 77.8 Å². The lowest BCUT2D eigenvalue weighted by molar-refractivity contribution is -0.991. The van der Waals surface area contributed by atoms with Crippen molar-refractivity contribution in [2.24, 2.45) is 4.99 Å². The maximum absolute atomic E-state index is 11.2. The predicted molar refractivity (Wildman–Crippen MR) is 113 cm³/mol. The molecule has 0 radical (unpaired) electrons. The van der Waals surface area contributed by atoms with E-state index >= 15 is 0 Å². The third-order valence-corrected chi connectivity index (χ3v) is 5.33. The molecule has 8 heteroatoms. The Morgan fingerprint density at radius 1 is 0.867 bits per heavy atom. The third kappa shape index (κ3) is 3.96. The van der Waals surface area contributed by atoms with Crippen molar-refractivity contribution >= 4 is 28.5 Å². The molecular weight excluding hydrogens is 384 g/mol. The van der Waals surface area contributed by atoms with E-state index in [4.69, 9.17) is 4.99 Å². The number of nitrogens with zero attached hydrogens (tertiary/aromatic N) is 1. The molecule has 2 unspecified atom stereocenters. The van der Waals surface area contributed by atoms with Gasteiger partial charge in [-0.3, -0.25) is 4.99 Å². The monoisotopic (exact) mass is 406 g/mol. The summed E-state index contributed by atoms with van der Waals surface area (Å²) in [5.41, 5.74) is 4.15. The fraction of sp³-hybridized carbons (Fsp3) is 0.136. The molecule has 8 nitrogen and oxygen atoms in total. The van der Waals surface area contributed by atoms with Gasteiger partial charge in [0.15, 0.2) is 11.4 Å². The number of fused-ring (bicyclic) bond motifs is 1. The van der Waals surface area contributed by atoms with Crippen molar-refractivity contribution in [3.63, 3.8) is 0 Å². The van der Waals surface area contributed by atoms with Gasteiger partial charge in [0, 0.05) is 30.7 Å². The second-order valence-electron chi connectivity index (χ2n) is 7.47. The highest BCUT2D eigenvalue weighted by molar-refractivity contribution is 6.04. The molecule has 3 aromatic rings. The van der Waals surface area contributed by atoms with E-state index in [1.165, 1.54) is 0 Å². The predicted octanol–water partition coefficient (Wildman–Crippen LogP) is 2.35. The molecule has 1 aliphatic rings. The average Bonchev–Trinajstić information content (AvgIpc) is 2.90. The van der Waals surface area contributed by atoms with Gasteiger partial charge < -0.3 is 15.7 Å². The van der Waals surface area contributed by atoms with Crippen LogP contribution >= 0.6 is 0 Å². The number of nitrogens with one attached hydrogen (secondary N) is 3. The molecule has 0 fully saturated rings. The number of quaternary nitrogens is 2. The van der Waals surface area contributed by atoms with Crippen LogP contribution in [-0.2, 0) is 5.54 Å². The van der Waals surface area contributed by atoms with Crippen LogP contribution in [0.4, 0.5) is 22.7 Å². The Morgan fingerprint density at radius 3 is 2.03 bits per heavy atom. The second-order valence-corrected chi connectivity index (χ2v) is 7.47. The zero-order valence-electron chi connectivity index (χ0n) is 16.3. The molecule has 4 rings (SSSR count). The molecule has 30 heavy (non-hydrogen) atoms. The molecule has 154 valence electrons.